The molecule has 1 amide bonds. The summed E-state index contributed by atoms with van der Waals surface area (Å²) in [5.41, 5.74) is 3.84. The fourth-order valence-corrected chi connectivity index (χ4v) is 2.28. The molecule has 0 aliphatic carbocycles. The number of amides is 1. The lowest BCUT2D eigenvalue weighted by atomic mass is 10.1. The molecule has 122 valence electrons. The van der Waals surface area contributed by atoms with E-state index < -0.39 is 0 Å². The van der Waals surface area contributed by atoms with Gasteiger partial charge in [0.1, 0.15) is 12.7 Å². The van der Waals surface area contributed by atoms with E-state index in [1.54, 1.807) is 11.0 Å². The Morgan fingerprint density at radius 2 is 1.75 bits per heavy atom. The summed E-state index contributed by atoms with van der Waals surface area (Å²) in [6, 6.07) is 15.5. The average molecular weight is 321 g/mol. The zero-order chi connectivity index (χ0) is 16.8. The van der Waals surface area contributed by atoms with E-state index in [4.69, 9.17) is 0 Å². The van der Waals surface area contributed by atoms with Gasteiger partial charge >= 0.3 is 0 Å². The van der Waals surface area contributed by atoms with Crippen molar-refractivity contribution in [1.82, 2.24) is 14.8 Å². The number of anilines is 2. The van der Waals surface area contributed by atoms with Crippen molar-refractivity contribution >= 4 is 17.3 Å². The van der Waals surface area contributed by atoms with Crippen molar-refractivity contribution in [3.05, 3.63) is 66.7 Å². The maximum Gasteiger partial charge on any atom is 0.243 e. The summed E-state index contributed by atoms with van der Waals surface area (Å²) in [7, 11) is 0. The molecule has 0 saturated heterocycles. The van der Waals surface area contributed by atoms with E-state index in [1.807, 2.05) is 48.5 Å². The molecule has 24 heavy (non-hydrogen) atoms. The molecule has 2 N–H and O–H groups in total. The van der Waals surface area contributed by atoms with E-state index >= 15 is 0 Å². The topological polar surface area (TPSA) is 71.8 Å². The number of carbonyl (C=O) groups excluding carboxylic acids is 1. The van der Waals surface area contributed by atoms with Crippen molar-refractivity contribution in [3.63, 3.8) is 0 Å². The summed E-state index contributed by atoms with van der Waals surface area (Å²) >= 11 is 0. The molecule has 6 nitrogen and oxygen atoms in total. The molecule has 0 aliphatic rings. The molecule has 0 spiro atoms. The minimum Gasteiger partial charge on any atom is -0.376 e. The molecule has 0 atom stereocenters. The summed E-state index contributed by atoms with van der Waals surface area (Å²) in [6.45, 7) is 2.31. The standard InChI is InChI=1S/C18H19N5O/c1-2-14-3-5-16(6-4-14)22-18(24)11-20-15-7-9-17(10-8-15)23-13-19-12-21-23/h3-10,12-13,20H,2,11H2,1H3,(H,22,24). The third-order valence-corrected chi connectivity index (χ3v) is 3.65. The van der Waals surface area contributed by atoms with Crippen molar-refractivity contribution in [2.24, 2.45) is 0 Å². The van der Waals surface area contributed by atoms with Gasteiger partial charge in [0.05, 0.1) is 12.2 Å². The fraction of sp³-hybridized carbons (Fsp3) is 0.167. The van der Waals surface area contributed by atoms with Crippen LogP contribution in [-0.2, 0) is 11.2 Å². The van der Waals surface area contributed by atoms with Crippen molar-refractivity contribution < 1.29 is 4.79 Å². The summed E-state index contributed by atoms with van der Waals surface area (Å²) in [4.78, 5) is 15.9. The van der Waals surface area contributed by atoms with Crippen LogP contribution in [0.15, 0.2) is 61.2 Å². The second-order valence-electron chi connectivity index (χ2n) is 5.34. The molecule has 3 aromatic rings. The number of rotatable bonds is 6. The van der Waals surface area contributed by atoms with Crippen LogP contribution >= 0.6 is 0 Å². The number of aryl methyl sites for hydroxylation is 1. The molecule has 2 aromatic carbocycles. The lowest BCUT2D eigenvalue weighted by Gasteiger charge is -2.09. The first kappa shape index (κ1) is 15.7. The molecule has 0 saturated carbocycles. The molecule has 6 heteroatoms. The number of aromatic nitrogens is 3. The van der Waals surface area contributed by atoms with Gasteiger partial charge in [-0.05, 0) is 48.4 Å². The van der Waals surface area contributed by atoms with Crippen LogP contribution in [0.5, 0.6) is 0 Å². The molecule has 1 aromatic heterocycles. The van der Waals surface area contributed by atoms with Crippen LogP contribution in [0, 0.1) is 0 Å². The van der Waals surface area contributed by atoms with E-state index in [9.17, 15) is 4.79 Å². The monoisotopic (exact) mass is 321 g/mol. The highest BCUT2D eigenvalue weighted by molar-refractivity contribution is 5.93. The molecule has 0 bridgehead atoms. The van der Waals surface area contributed by atoms with Gasteiger partial charge < -0.3 is 10.6 Å². The second kappa shape index (κ2) is 7.41. The fourth-order valence-electron chi connectivity index (χ4n) is 2.28. The zero-order valence-corrected chi connectivity index (χ0v) is 13.4. The van der Waals surface area contributed by atoms with Gasteiger partial charge in [0.15, 0.2) is 0 Å². The van der Waals surface area contributed by atoms with Crippen LogP contribution in [0.1, 0.15) is 12.5 Å². The Balaban J connectivity index is 1.52. The Morgan fingerprint density at radius 3 is 2.38 bits per heavy atom. The van der Waals surface area contributed by atoms with Gasteiger partial charge in [-0.25, -0.2) is 9.67 Å². The number of carbonyl (C=O) groups is 1. The number of hydrogen-bond donors (Lipinski definition) is 2. The molecule has 0 unspecified atom stereocenters. The average Bonchev–Trinajstić information content (AvgIpc) is 3.16. The third-order valence-electron chi connectivity index (χ3n) is 3.65. The highest BCUT2D eigenvalue weighted by Gasteiger charge is 2.03. The highest BCUT2D eigenvalue weighted by atomic mass is 16.1. The molecular formula is C18H19N5O. The zero-order valence-electron chi connectivity index (χ0n) is 13.4. The molecule has 0 aliphatic heterocycles. The van der Waals surface area contributed by atoms with E-state index in [-0.39, 0.29) is 12.5 Å². The van der Waals surface area contributed by atoms with E-state index in [2.05, 4.69) is 27.6 Å². The minimum atomic E-state index is -0.0837. The Hall–Kier alpha value is -3.15. The lowest BCUT2D eigenvalue weighted by molar-refractivity contribution is -0.114. The van der Waals surface area contributed by atoms with Crippen molar-refractivity contribution in [1.29, 1.82) is 0 Å². The maximum absolute atomic E-state index is 12.0. The molecule has 0 fully saturated rings. The summed E-state index contributed by atoms with van der Waals surface area (Å²) < 4.78 is 1.68. The Morgan fingerprint density at radius 1 is 1.04 bits per heavy atom. The summed E-state index contributed by atoms with van der Waals surface area (Å²) in [6.07, 6.45) is 4.11. The molecule has 0 radical (unpaired) electrons. The molecular weight excluding hydrogens is 302 g/mol. The van der Waals surface area contributed by atoms with Gasteiger partial charge in [-0.3, -0.25) is 4.79 Å². The first-order valence-electron chi connectivity index (χ1n) is 7.82. The van der Waals surface area contributed by atoms with Gasteiger partial charge in [0.25, 0.3) is 0 Å². The first-order valence-corrected chi connectivity index (χ1v) is 7.82. The van der Waals surface area contributed by atoms with Gasteiger partial charge in [0, 0.05) is 11.4 Å². The number of hydrogen-bond acceptors (Lipinski definition) is 4. The summed E-state index contributed by atoms with van der Waals surface area (Å²) in [5.74, 6) is -0.0837. The maximum atomic E-state index is 12.0. The number of nitrogens with one attached hydrogen (secondary N) is 2. The van der Waals surface area contributed by atoms with Gasteiger partial charge in [-0.15, -0.1) is 0 Å². The normalized spacial score (nSPS) is 10.4. The largest absolute Gasteiger partial charge is 0.376 e. The van der Waals surface area contributed by atoms with Crippen molar-refractivity contribution in [2.45, 2.75) is 13.3 Å². The minimum absolute atomic E-state index is 0.0837. The van der Waals surface area contributed by atoms with Crippen molar-refractivity contribution in [2.75, 3.05) is 17.2 Å². The van der Waals surface area contributed by atoms with E-state index in [0.717, 1.165) is 23.5 Å². The predicted molar refractivity (Wildman–Crippen MR) is 94.3 cm³/mol. The second-order valence-corrected chi connectivity index (χ2v) is 5.34. The molecule has 1 heterocycles. The van der Waals surface area contributed by atoms with Crippen molar-refractivity contribution in [3.8, 4) is 5.69 Å². The van der Waals surface area contributed by atoms with Crippen LogP contribution in [0.25, 0.3) is 5.69 Å². The Labute approximate surface area is 140 Å². The SMILES string of the molecule is CCc1ccc(NC(=O)CNc2ccc(-n3cncn3)cc2)cc1. The van der Waals surface area contributed by atoms with Crippen LogP contribution in [0.4, 0.5) is 11.4 Å². The van der Waals surface area contributed by atoms with Crippen LogP contribution in [0.3, 0.4) is 0 Å². The first-order chi connectivity index (χ1) is 11.7. The Kier molecular flexibility index (Phi) is 4.86. The van der Waals surface area contributed by atoms with E-state index in [0.29, 0.717) is 0 Å². The lowest BCUT2D eigenvalue weighted by Crippen LogP contribution is -2.21. The van der Waals surface area contributed by atoms with E-state index in [1.165, 1.54) is 11.9 Å². The smallest absolute Gasteiger partial charge is 0.243 e. The quantitative estimate of drug-likeness (QED) is 0.732. The van der Waals surface area contributed by atoms with Gasteiger partial charge in [0.2, 0.25) is 5.91 Å². The summed E-state index contributed by atoms with van der Waals surface area (Å²) in [5, 5.41) is 10.0. The van der Waals surface area contributed by atoms with Crippen LogP contribution < -0.4 is 10.6 Å². The number of nitrogens with zero attached hydrogens (tertiary/aromatic N) is 3. The van der Waals surface area contributed by atoms with Crippen LogP contribution in [0.2, 0.25) is 0 Å². The van der Waals surface area contributed by atoms with Crippen LogP contribution in [-0.4, -0.2) is 27.2 Å². The molecule has 3 rings (SSSR count). The van der Waals surface area contributed by atoms with Gasteiger partial charge in [-0.2, -0.15) is 5.10 Å². The highest BCUT2D eigenvalue weighted by Crippen LogP contribution is 2.13. The third kappa shape index (κ3) is 3.98. The number of benzene rings is 2. The predicted octanol–water partition coefficient (Wildman–Crippen LogP) is 2.88. The van der Waals surface area contributed by atoms with Gasteiger partial charge in [-0.1, -0.05) is 19.1 Å². The Bertz CT molecular complexity index is 779.